The molecule has 0 spiro atoms. The molecule has 0 aliphatic carbocycles. The van der Waals surface area contributed by atoms with Crippen molar-refractivity contribution in [3.05, 3.63) is 163 Å². The number of pyridine rings is 1. The van der Waals surface area contributed by atoms with Gasteiger partial charge >= 0.3 is 0 Å². The topological polar surface area (TPSA) is 12.9 Å². The summed E-state index contributed by atoms with van der Waals surface area (Å²) in [5, 5.41) is 0. The molecule has 2 heteroatoms. The van der Waals surface area contributed by atoms with E-state index in [2.05, 4.69) is 126 Å². The standard InChI is InChI=1S/C36H26N.Ir/c1-2-10-27(11-3-1)22-28-12-6-13-29(23-28)30-14-7-15-31(24-30)32-16-8-17-33(25-32)34-18-9-19-35(26-34)36-20-4-5-21-37-36;/h1-18,20-21,23-26H,22H2;/q-1;. The molecule has 1 nitrogen and oxygen atoms in total. The maximum atomic E-state index is 4.49. The van der Waals surface area contributed by atoms with Crippen LogP contribution in [0.1, 0.15) is 11.1 Å². The van der Waals surface area contributed by atoms with Crippen LogP contribution in [0, 0.1) is 6.07 Å². The van der Waals surface area contributed by atoms with Crippen LogP contribution >= 0.6 is 0 Å². The number of nitrogens with zero attached hydrogens (tertiary/aromatic N) is 1. The van der Waals surface area contributed by atoms with Gasteiger partial charge in [-0.05, 0) is 69.3 Å². The van der Waals surface area contributed by atoms with E-state index < -0.39 is 0 Å². The van der Waals surface area contributed by atoms with Crippen molar-refractivity contribution in [1.82, 2.24) is 4.98 Å². The van der Waals surface area contributed by atoms with Gasteiger partial charge < -0.3 is 4.98 Å². The van der Waals surface area contributed by atoms with E-state index in [4.69, 9.17) is 0 Å². The first-order valence-electron chi connectivity index (χ1n) is 12.6. The summed E-state index contributed by atoms with van der Waals surface area (Å²) in [6.07, 6.45) is 2.76. The van der Waals surface area contributed by atoms with E-state index in [-0.39, 0.29) is 20.1 Å². The first-order valence-corrected chi connectivity index (χ1v) is 12.6. The van der Waals surface area contributed by atoms with E-state index in [1.54, 1.807) is 0 Å². The van der Waals surface area contributed by atoms with Crippen LogP contribution in [0.4, 0.5) is 0 Å². The molecule has 0 aliphatic heterocycles. The minimum atomic E-state index is 0. The van der Waals surface area contributed by atoms with Gasteiger partial charge in [-0.1, -0.05) is 103 Å². The van der Waals surface area contributed by atoms with Gasteiger partial charge in [0.25, 0.3) is 0 Å². The van der Waals surface area contributed by atoms with E-state index in [1.807, 2.05) is 30.5 Å². The van der Waals surface area contributed by atoms with Crippen molar-refractivity contribution in [1.29, 1.82) is 0 Å². The maximum absolute atomic E-state index is 4.49. The van der Waals surface area contributed by atoms with Gasteiger partial charge in [-0.2, -0.15) is 0 Å². The zero-order valence-corrected chi connectivity index (χ0v) is 23.2. The molecular weight excluding hydrogens is 639 g/mol. The van der Waals surface area contributed by atoms with Crippen LogP contribution in [-0.2, 0) is 26.5 Å². The zero-order valence-electron chi connectivity index (χ0n) is 20.8. The first kappa shape index (κ1) is 25.5. The molecule has 1 aromatic heterocycles. The molecule has 1 heterocycles. The normalized spacial score (nSPS) is 10.5. The molecule has 0 N–H and O–H groups in total. The van der Waals surface area contributed by atoms with Gasteiger partial charge in [0.2, 0.25) is 0 Å². The Kier molecular flexibility index (Phi) is 8.04. The SMILES string of the molecule is [Ir].[c-]1ccc(-c2cccc(-c3cccc(-c4cccc(Cc5ccccc5)c4)c3)c2)cc1-c1ccccn1. The van der Waals surface area contributed by atoms with Crippen molar-refractivity contribution >= 4 is 0 Å². The summed E-state index contributed by atoms with van der Waals surface area (Å²) in [6.45, 7) is 0. The van der Waals surface area contributed by atoms with Gasteiger partial charge in [-0.25, -0.2) is 0 Å². The van der Waals surface area contributed by atoms with Crippen molar-refractivity contribution in [2.75, 3.05) is 0 Å². The van der Waals surface area contributed by atoms with Crippen LogP contribution in [0.5, 0.6) is 0 Å². The van der Waals surface area contributed by atoms with Gasteiger partial charge in [0.1, 0.15) is 0 Å². The van der Waals surface area contributed by atoms with E-state index in [0.29, 0.717) is 0 Å². The fourth-order valence-corrected chi connectivity index (χ4v) is 4.77. The fourth-order valence-electron chi connectivity index (χ4n) is 4.77. The van der Waals surface area contributed by atoms with Crippen molar-refractivity contribution in [2.45, 2.75) is 6.42 Å². The number of benzene rings is 5. The van der Waals surface area contributed by atoms with Gasteiger partial charge in [-0.3, -0.25) is 0 Å². The molecule has 5 aromatic carbocycles. The second-order valence-electron chi connectivity index (χ2n) is 9.23. The molecule has 0 unspecified atom stereocenters. The second-order valence-corrected chi connectivity index (χ2v) is 9.23. The Hall–Kier alpha value is -4.10. The Morgan fingerprint density at radius 2 is 1.03 bits per heavy atom. The van der Waals surface area contributed by atoms with Gasteiger partial charge in [0.15, 0.2) is 0 Å². The monoisotopic (exact) mass is 665 g/mol. The van der Waals surface area contributed by atoms with Crippen molar-refractivity contribution in [3.63, 3.8) is 0 Å². The molecular formula is C36H26IrN-. The minimum Gasteiger partial charge on any atom is -0.305 e. The third-order valence-corrected chi connectivity index (χ3v) is 6.65. The summed E-state index contributed by atoms with van der Waals surface area (Å²) in [5.74, 6) is 0. The van der Waals surface area contributed by atoms with E-state index in [9.17, 15) is 0 Å². The molecule has 0 aliphatic rings. The number of hydrogen-bond acceptors (Lipinski definition) is 1. The zero-order chi connectivity index (χ0) is 24.9. The van der Waals surface area contributed by atoms with Crippen LogP contribution in [0.3, 0.4) is 0 Å². The molecule has 0 bridgehead atoms. The number of rotatable bonds is 6. The molecule has 0 atom stereocenters. The molecule has 6 aromatic rings. The second kappa shape index (κ2) is 12.0. The summed E-state index contributed by atoms with van der Waals surface area (Å²) in [4.78, 5) is 4.49. The van der Waals surface area contributed by atoms with Crippen LogP contribution in [0.25, 0.3) is 44.6 Å². The largest absolute Gasteiger partial charge is 0.305 e. The maximum Gasteiger partial charge on any atom is 0.0160 e. The minimum absolute atomic E-state index is 0. The fraction of sp³-hybridized carbons (Fsp3) is 0.0278. The Balaban J connectivity index is 0.00000294. The van der Waals surface area contributed by atoms with E-state index >= 15 is 0 Å². The predicted molar refractivity (Wildman–Crippen MR) is 154 cm³/mol. The molecule has 0 saturated heterocycles. The average molecular weight is 665 g/mol. The molecule has 0 saturated carbocycles. The van der Waals surface area contributed by atoms with Crippen molar-refractivity contribution in [2.24, 2.45) is 0 Å². The molecule has 185 valence electrons. The number of hydrogen-bond donors (Lipinski definition) is 0. The summed E-state index contributed by atoms with van der Waals surface area (Å²) in [5.41, 5.74) is 11.8. The summed E-state index contributed by atoms with van der Waals surface area (Å²) < 4.78 is 0. The van der Waals surface area contributed by atoms with Gasteiger partial charge in [-0.15, -0.1) is 35.4 Å². The molecule has 0 fully saturated rings. The van der Waals surface area contributed by atoms with Gasteiger partial charge in [0.05, 0.1) is 0 Å². The Morgan fingerprint density at radius 1 is 0.474 bits per heavy atom. The third-order valence-electron chi connectivity index (χ3n) is 6.65. The van der Waals surface area contributed by atoms with Crippen LogP contribution in [-0.4, -0.2) is 4.98 Å². The van der Waals surface area contributed by atoms with Crippen LogP contribution < -0.4 is 0 Å². The molecule has 6 rings (SSSR count). The Bertz CT molecular complexity index is 1640. The molecule has 38 heavy (non-hydrogen) atoms. The van der Waals surface area contributed by atoms with Crippen LogP contribution in [0.2, 0.25) is 0 Å². The third kappa shape index (κ3) is 5.89. The average Bonchev–Trinajstić information content (AvgIpc) is 2.98. The summed E-state index contributed by atoms with van der Waals surface area (Å²) in [6, 6.07) is 52.6. The first-order chi connectivity index (χ1) is 18.3. The van der Waals surface area contributed by atoms with E-state index in [1.165, 1.54) is 38.9 Å². The Morgan fingerprint density at radius 3 is 1.66 bits per heavy atom. The summed E-state index contributed by atoms with van der Waals surface area (Å²) >= 11 is 0. The van der Waals surface area contributed by atoms with Gasteiger partial charge in [0, 0.05) is 26.3 Å². The molecule has 1 radical (unpaired) electrons. The smallest absolute Gasteiger partial charge is 0.0160 e. The number of aromatic nitrogens is 1. The van der Waals surface area contributed by atoms with E-state index in [0.717, 1.165) is 23.2 Å². The molecule has 0 amide bonds. The van der Waals surface area contributed by atoms with Crippen LogP contribution in [0.15, 0.2) is 146 Å². The Labute approximate surface area is 238 Å². The van der Waals surface area contributed by atoms with Crippen molar-refractivity contribution < 1.29 is 20.1 Å². The quantitative estimate of drug-likeness (QED) is 0.162. The summed E-state index contributed by atoms with van der Waals surface area (Å²) in [7, 11) is 0. The predicted octanol–water partition coefficient (Wildman–Crippen LogP) is 9.14. The van der Waals surface area contributed by atoms with Crippen molar-refractivity contribution in [3.8, 4) is 44.6 Å².